The number of aryl methyl sites for hydroxylation is 1. The molecule has 0 fully saturated rings. The van der Waals surface area contributed by atoms with Crippen molar-refractivity contribution in [2.75, 3.05) is 11.3 Å². The Morgan fingerprint density at radius 1 is 1.29 bits per heavy atom. The summed E-state index contributed by atoms with van der Waals surface area (Å²) in [6.07, 6.45) is 0. The van der Waals surface area contributed by atoms with Crippen LogP contribution in [-0.4, -0.2) is 36.4 Å². The standard InChI is InChI=1S/C12H14N4O4S/c1-3-20-12(17)10-11(14-16-13-10)15-21(18,19)9-6-4-8(2)5-7-9/h4-7H,3H2,1-2H3,(H2,13,14,15,16). The third-order valence-corrected chi connectivity index (χ3v) is 3.93. The number of hydrogen-bond donors (Lipinski definition) is 2. The number of nitrogens with one attached hydrogen (secondary N) is 2. The monoisotopic (exact) mass is 310 g/mol. The Labute approximate surface area is 121 Å². The fourth-order valence-corrected chi connectivity index (χ4v) is 2.56. The van der Waals surface area contributed by atoms with Crippen molar-refractivity contribution in [3.63, 3.8) is 0 Å². The van der Waals surface area contributed by atoms with Gasteiger partial charge in [0.05, 0.1) is 11.5 Å². The summed E-state index contributed by atoms with van der Waals surface area (Å²) in [6.45, 7) is 3.63. The molecule has 1 aromatic carbocycles. The Bertz CT molecular complexity index is 737. The summed E-state index contributed by atoms with van der Waals surface area (Å²) < 4.78 is 31.4. The summed E-state index contributed by atoms with van der Waals surface area (Å²) >= 11 is 0. The number of ether oxygens (including phenoxy) is 1. The topological polar surface area (TPSA) is 114 Å². The van der Waals surface area contributed by atoms with E-state index in [2.05, 4.69) is 20.1 Å². The second-order valence-corrected chi connectivity index (χ2v) is 5.84. The Morgan fingerprint density at radius 3 is 2.57 bits per heavy atom. The second kappa shape index (κ2) is 5.92. The van der Waals surface area contributed by atoms with Gasteiger partial charge in [-0.3, -0.25) is 4.72 Å². The van der Waals surface area contributed by atoms with Gasteiger partial charge in [0.25, 0.3) is 10.0 Å². The van der Waals surface area contributed by atoms with Gasteiger partial charge in [-0.05, 0) is 26.0 Å². The van der Waals surface area contributed by atoms with Crippen molar-refractivity contribution in [3.05, 3.63) is 35.5 Å². The minimum absolute atomic E-state index is 0.0610. The van der Waals surface area contributed by atoms with Crippen LogP contribution in [0.3, 0.4) is 0 Å². The molecule has 0 saturated heterocycles. The summed E-state index contributed by atoms with van der Waals surface area (Å²) in [5.41, 5.74) is 0.718. The summed E-state index contributed by atoms with van der Waals surface area (Å²) in [7, 11) is -3.85. The van der Waals surface area contributed by atoms with Gasteiger partial charge in [-0.25, -0.2) is 13.2 Å². The minimum Gasteiger partial charge on any atom is -0.461 e. The molecule has 0 spiro atoms. The zero-order chi connectivity index (χ0) is 15.5. The van der Waals surface area contributed by atoms with E-state index in [9.17, 15) is 13.2 Å². The smallest absolute Gasteiger partial charge is 0.362 e. The van der Waals surface area contributed by atoms with E-state index in [0.717, 1.165) is 5.56 Å². The number of hydrogen-bond acceptors (Lipinski definition) is 6. The number of H-pyrrole nitrogens is 1. The van der Waals surface area contributed by atoms with E-state index >= 15 is 0 Å². The first-order valence-corrected chi connectivity index (χ1v) is 7.59. The van der Waals surface area contributed by atoms with E-state index < -0.39 is 16.0 Å². The molecule has 0 bridgehead atoms. The summed E-state index contributed by atoms with van der Waals surface area (Å²) in [5.74, 6) is -0.957. The zero-order valence-corrected chi connectivity index (χ0v) is 12.3. The zero-order valence-electron chi connectivity index (χ0n) is 11.5. The third-order valence-electron chi connectivity index (χ3n) is 2.58. The number of nitrogens with zero attached hydrogens (tertiary/aromatic N) is 2. The van der Waals surface area contributed by atoms with E-state index in [1.165, 1.54) is 12.1 Å². The van der Waals surface area contributed by atoms with Gasteiger partial charge < -0.3 is 4.74 Å². The molecule has 0 radical (unpaired) electrons. The molecule has 2 N–H and O–H groups in total. The SMILES string of the molecule is CCOC(=O)c1n[nH]nc1NS(=O)(=O)c1ccc(C)cc1. The van der Waals surface area contributed by atoms with Gasteiger partial charge in [0, 0.05) is 0 Å². The van der Waals surface area contributed by atoms with Crippen molar-refractivity contribution < 1.29 is 17.9 Å². The molecule has 0 unspecified atom stereocenters. The molecule has 1 heterocycles. The molecule has 0 aliphatic heterocycles. The van der Waals surface area contributed by atoms with Crippen molar-refractivity contribution in [2.24, 2.45) is 0 Å². The van der Waals surface area contributed by atoms with Gasteiger partial charge in [0.15, 0.2) is 5.82 Å². The average molecular weight is 310 g/mol. The van der Waals surface area contributed by atoms with Crippen molar-refractivity contribution in [1.82, 2.24) is 15.4 Å². The quantitative estimate of drug-likeness (QED) is 0.799. The lowest BCUT2D eigenvalue weighted by Crippen LogP contribution is -2.16. The Balaban J connectivity index is 2.27. The van der Waals surface area contributed by atoms with Gasteiger partial charge in [0.2, 0.25) is 5.69 Å². The second-order valence-electron chi connectivity index (χ2n) is 4.16. The number of anilines is 1. The number of esters is 1. The molecule has 112 valence electrons. The maximum atomic E-state index is 12.2. The Hall–Kier alpha value is -2.42. The molecule has 8 nitrogen and oxygen atoms in total. The number of rotatable bonds is 5. The van der Waals surface area contributed by atoms with Crippen molar-refractivity contribution >= 4 is 21.8 Å². The molecule has 0 atom stereocenters. The molecule has 0 saturated carbocycles. The van der Waals surface area contributed by atoms with Crippen LogP contribution in [0.25, 0.3) is 0 Å². The van der Waals surface area contributed by atoms with E-state index in [0.29, 0.717) is 0 Å². The predicted octanol–water partition coefficient (Wildman–Crippen LogP) is 1.09. The maximum Gasteiger partial charge on any atom is 0.362 e. The summed E-state index contributed by atoms with van der Waals surface area (Å²) in [6, 6.07) is 6.26. The summed E-state index contributed by atoms with van der Waals surface area (Å²) in [5, 5.41) is 9.40. The highest BCUT2D eigenvalue weighted by Gasteiger charge is 2.23. The third kappa shape index (κ3) is 3.37. The molecule has 2 aromatic rings. The molecule has 1 aromatic heterocycles. The number of carbonyl (C=O) groups is 1. The van der Waals surface area contributed by atoms with Crippen LogP contribution in [0.4, 0.5) is 5.82 Å². The number of aromatic amines is 1. The highest BCUT2D eigenvalue weighted by Crippen LogP contribution is 2.17. The van der Waals surface area contributed by atoms with Crippen molar-refractivity contribution in [1.29, 1.82) is 0 Å². The number of sulfonamides is 1. The van der Waals surface area contributed by atoms with Gasteiger partial charge in [-0.1, -0.05) is 17.7 Å². The van der Waals surface area contributed by atoms with E-state index in [1.54, 1.807) is 19.1 Å². The van der Waals surface area contributed by atoms with Crippen LogP contribution in [0.15, 0.2) is 29.2 Å². The minimum atomic E-state index is -3.85. The first-order chi connectivity index (χ1) is 9.94. The molecule has 0 aliphatic carbocycles. The van der Waals surface area contributed by atoms with Gasteiger partial charge in [0.1, 0.15) is 0 Å². The van der Waals surface area contributed by atoms with E-state index in [4.69, 9.17) is 4.74 Å². The van der Waals surface area contributed by atoms with Crippen LogP contribution in [0.2, 0.25) is 0 Å². The van der Waals surface area contributed by atoms with Crippen LogP contribution in [-0.2, 0) is 14.8 Å². The van der Waals surface area contributed by atoms with E-state index in [1.807, 2.05) is 6.92 Å². The number of carbonyl (C=O) groups excluding carboxylic acids is 1. The van der Waals surface area contributed by atoms with Crippen molar-refractivity contribution in [2.45, 2.75) is 18.7 Å². The largest absolute Gasteiger partial charge is 0.461 e. The fourth-order valence-electron chi connectivity index (χ4n) is 1.55. The lowest BCUT2D eigenvalue weighted by Gasteiger charge is -2.06. The molecular weight excluding hydrogens is 296 g/mol. The molecule has 21 heavy (non-hydrogen) atoms. The first-order valence-electron chi connectivity index (χ1n) is 6.11. The highest BCUT2D eigenvalue weighted by atomic mass is 32.2. The Morgan fingerprint density at radius 2 is 1.95 bits per heavy atom. The van der Waals surface area contributed by atoms with Crippen LogP contribution in [0, 0.1) is 6.92 Å². The number of aromatic nitrogens is 3. The lowest BCUT2D eigenvalue weighted by atomic mass is 10.2. The molecule has 0 amide bonds. The van der Waals surface area contributed by atoms with Gasteiger partial charge in [-0.15, -0.1) is 10.2 Å². The summed E-state index contributed by atoms with van der Waals surface area (Å²) in [4.78, 5) is 11.7. The van der Waals surface area contributed by atoms with Crippen LogP contribution >= 0.6 is 0 Å². The normalized spacial score (nSPS) is 11.1. The van der Waals surface area contributed by atoms with Crippen LogP contribution < -0.4 is 4.72 Å². The average Bonchev–Trinajstić information content (AvgIpc) is 2.87. The van der Waals surface area contributed by atoms with Crippen LogP contribution in [0.1, 0.15) is 23.0 Å². The van der Waals surface area contributed by atoms with Crippen LogP contribution in [0.5, 0.6) is 0 Å². The van der Waals surface area contributed by atoms with E-state index in [-0.39, 0.29) is 23.0 Å². The number of benzene rings is 1. The molecule has 2 rings (SSSR count). The first kappa shape index (κ1) is 15.0. The lowest BCUT2D eigenvalue weighted by molar-refractivity contribution is 0.0520. The maximum absolute atomic E-state index is 12.2. The van der Waals surface area contributed by atoms with Gasteiger partial charge >= 0.3 is 5.97 Å². The molecule has 0 aliphatic rings. The van der Waals surface area contributed by atoms with Crippen molar-refractivity contribution in [3.8, 4) is 0 Å². The molecular formula is C12H14N4O4S. The van der Waals surface area contributed by atoms with Gasteiger partial charge in [-0.2, -0.15) is 5.21 Å². The molecule has 9 heteroatoms. The predicted molar refractivity (Wildman–Crippen MR) is 74.3 cm³/mol. The highest BCUT2D eigenvalue weighted by molar-refractivity contribution is 7.92. The fraction of sp³-hybridized carbons (Fsp3) is 0.250. The Kier molecular flexibility index (Phi) is 4.22.